The summed E-state index contributed by atoms with van der Waals surface area (Å²) < 4.78 is 11.1. The van der Waals surface area contributed by atoms with Crippen LogP contribution in [-0.2, 0) is 28.2 Å². The van der Waals surface area contributed by atoms with Crippen LogP contribution in [0, 0.1) is 0 Å². The summed E-state index contributed by atoms with van der Waals surface area (Å²) in [7, 11) is 3.49. The van der Waals surface area contributed by atoms with Crippen molar-refractivity contribution < 1.29 is 9.47 Å². The number of hydrogen-bond acceptors (Lipinski definition) is 5. The Balaban J connectivity index is 3.08. The molecule has 21 heavy (non-hydrogen) atoms. The van der Waals surface area contributed by atoms with Crippen LogP contribution < -0.4 is 5.32 Å². The van der Waals surface area contributed by atoms with Crippen molar-refractivity contribution in [1.29, 1.82) is 0 Å². The molecule has 0 saturated carbocycles. The second-order valence-corrected chi connectivity index (χ2v) is 7.41. The van der Waals surface area contributed by atoms with E-state index in [0.29, 0.717) is 6.61 Å². The average molecular weight is 314 g/mol. The highest BCUT2D eigenvalue weighted by Crippen LogP contribution is 2.36. The van der Waals surface area contributed by atoms with E-state index in [4.69, 9.17) is 14.5 Å². The molecule has 0 spiro atoms. The Kier molecular flexibility index (Phi) is 6.78. The molecule has 0 aliphatic rings. The predicted octanol–water partition coefficient (Wildman–Crippen LogP) is 3.84. The Morgan fingerprint density at radius 2 is 1.76 bits per heavy atom. The average Bonchev–Trinajstić information content (AvgIpc) is 2.83. The first-order chi connectivity index (χ1) is 9.81. The minimum atomic E-state index is -0.271. The molecule has 4 nitrogen and oxygen atoms in total. The van der Waals surface area contributed by atoms with E-state index in [0.717, 1.165) is 30.1 Å². The van der Waals surface area contributed by atoms with Gasteiger partial charge in [0.05, 0.1) is 12.3 Å². The fraction of sp³-hybridized carbons (Fsp3) is 0.812. The van der Waals surface area contributed by atoms with Crippen LogP contribution in [0.2, 0.25) is 0 Å². The van der Waals surface area contributed by atoms with Gasteiger partial charge < -0.3 is 14.8 Å². The van der Waals surface area contributed by atoms with Crippen LogP contribution in [0.3, 0.4) is 0 Å². The first kappa shape index (κ1) is 18.6. The molecular weight excluding hydrogens is 284 g/mol. The van der Waals surface area contributed by atoms with Crippen LogP contribution in [0.15, 0.2) is 0 Å². The SMILES string of the molecule is CCC(CC)(OC)c1nc(COC)c(CNC(C)(C)C)s1. The number of thiazole rings is 1. The molecule has 1 N–H and O–H groups in total. The van der Waals surface area contributed by atoms with E-state index in [1.54, 1.807) is 25.6 Å². The molecule has 0 aliphatic heterocycles. The second kappa shape index (κ2) is 7.68. The van der Waals surface area contributed by atoms with E-state index >= 15 is 0 Å². The number of aromatic nitrogens is 1. The summed E-state index contributed by atoms with van der Waals surface area (Å²) in [5.41, 5.74) is 0.841. The van der Waals surface area contributed by atoms with Gasteiger partial charge in [0.2, 0.25) is 0 Å². The first-order valence-corrected chi connectivity index (χ1v) is 8.41. The zero-order valence-corrected chi connectivity index (χ0v) is 15.3. The normalized spacial score (nSPS) is 12.9. The zero-order chi connectivity index (χ0) is 16.1. The summed E-state index contributed by atoms with van der Waals surface area (Å²) in [5, 5.41) is 4.59. The van der Waals surface area contributed by atoms with Gasteiger partial charge in [-0.05, 0) is 33.6 Å². The van der Waals surface area contributed by atoms with E-state index in [-0.39, 0.29) is 11.1 Å². The van der Waals surface area contributed by atoms with Gasteiger partial charge in [-0.25, -0.2) is 4.98 Å². The molecule has 0 aromatic carbocycles. The lowest BCUT2D eigenvalue weighted by Gasteiger charge is -2.27. The van der Waals surface area contributed by atoms with Gasteiger partial charge in [0, 0.05) is 31.2 Å². The molecule has 1 rings (SSSR count). The maximum absolute atomic E-state index is 5.80. The number of nitrogens with one attached hydrogen (secondary N) is 1. The van der Waals surface area contributed by atoms with Crippen LogP contribution in [0.1, 0.15) is 63.0 Å². The zero-order valence-electron chi connectivity index (χ0n) is 14.5. The maximum atomic E-state index is 5.80. The van der Waals surface area contributed by atoms with Crippen molar-refractivity contribution in [3.05, 3.63) is 15.6 Å². The standard InChI is InChI=1S/C16H30N2O2S/c1-8-16(9-2,20-7)14-18-12(11-19-6)13(21-14)10-17-15(3,4)5/h17H,8-11H2,1-7H3. The van der Waals surface area contributed by atoms with Crippen LogP contribution in [0.4, 0.5) is 0 Å². The van der Waals surface area contributed by atoms with Gasteiger partial charge in [-0.2, -0.15) is 0 Å². The van der Waals surface area contributed by atoms with E-state index in [2.05, 4.69) is 39.9 Å². The lowest BCUT2D eigenvalue weighted by Crippen LogP contribution is -2.35. The van der Waals surface area contributed by atoms with Gasteiger partial charge in [-0.1, -0.05) is 13.8 Å². The van der Waals surface area contributed by atoms with Crippen LogP contribution in [0.5, 0.6) is 0 Å². The smallest absolute Gasteiger partial charge is 0.125 e. The summed E-state index contributed by atoms with van der Waals surface area (Å²) in [5.74, 6) is 0. The van der Waals surface area contributed by atoms with Crippen LogP contribution >= 0.6 is 11.3 Å². The minimum absolute atomic E-state index is 0.0857. The van der Waals surface area contributed by atoms with E-state index in [9.17, 15) is 0 Å². The van der Waals surface area contributed by atoms with Gasteiger partial charge in [-0.3, -0.25) is 0 Å². The molecule has 0 unspecified atom stereocenters. The van der Waals surface area contributed by atoms with Crippen LogP contribution in [0.25, 0.3) is 0 Å². The van der Waals surface area contributed by atoms with Gasteiger partial charge >= 0.3 is 0 Å². The summed E-state index contributed by atoms with van der Waals surface area (Å²) in [6, 6.07) is 0. The summed E-state index contributed by atoms with van der Waals surface area (Å²) >= 11 is 1.74. The highest BCUT2D eigenvalue weighted by Gasteiger charge is 2.32. The number of rotatable bonds is 8. The first-order valence-electron chi connectivity index (χ1n) is 7.60. The fourth-order valence-corrected chi connectivity index (χ4v) is 3.55. The molecule has 0 fully saturated rings. The molecule has 1 aromatic heterocycles. The van der Waals surface area contributed by atoms with Gasteiger partial charge in [0.15, 0.2) is 0 Å². The molecule has 122 valence electrons. The predicted molar refractivity (Wildman–Crippen MR) is 88.7 cm³/mol. The fourth-order valence-electron chi connectivity index (χ4n) is 2.24. The third-order valence-electron chi connectivity index (χ3n) is 3.76. The molecular formula is C16H30N2O2S. The number of hydrogen-bond donors (Lipinski definition) is 1. The lowest BCUT2D eigenvalue weighted by molar-refractivity contribution is -0.0221. The quantitative estimate of drug-likeness (QED) is 0.792. The van der Waals surface area contributed by atoms with E-state index in [1.807, 2.05) is 0 Å². The minimum Gasteiger partial charge on any atom is -0.378 e. The third kappa shape index (κ3) is 4.74. The number of methoxy groups -OCH3 is 2. The van der Waals surface area contributed by atoms with Crippen molar-refractivity contribution in [2.45, 2.75) is 71.8 Å². The van der Waals surface area contributed by atoms with E-state index < -0.39 is 0 Å². The summed E-state index contributed by atoms with van der Waals surface area (Å²) in [6.07, 6.45) is 1.85. The van der Waals surface area contributed by atoms with Gasteiger partial charge in [0.25, 0.3) is 0 Å². The van der Waals surface area contributed by atoms with Crippen molar-refractivity contribution in [3.63, 3.8) is 0 Å². The molecule has 1 heterocycles. The third-order valence-corrected chi connectivity index (χ3v) is 5.04. The largest absolute Gasteiger partial charge is 0.378 e. The Bertz CT molecular complexity index is 426. The van der Waals surface area contributed by atoms with Crippen LogP contribution in [-0.4, -0.2) is 24.7 Å². The Morgan fingerprint density at radius 3 is 2.19 bits per heavy atom. The second-order valence-electron chi connectivity index (χ2n) is 6.33. The van der Waals surface area contributed by atoms with Crippen molar-refractivity contribution in [3.8, 4) is 0 Å². The number of ether oxygens (including phenoxy) is 2. The topological polar surface area (TPSA) is 43.4 Å². The highest BCUT2D eigenvalue weighted by atomic mass is 32.1. The molecule has 0 atom stereocenters. The highest BCUT2D eigenvalue weighted by molar-refractivity contribution is 7.11. The summed E-state index contributed by atoms with van der Waals surface area (Å²) in [4.78, 5) is 6.05. The molecule has 0 radical (unpaired) electrons. The number of nitrogens with zero attached hydrogens (tertiary/aromatic N) is 1. The van der Waals surface area contributed by atoms with Gasteiger partial charge in [-0.15, -0.1) is 11.3 Å². The van der Waals surface area contributed by atoms with Crippen molar-refractivity contribution in [2.75, 3.05) is 14.2 Å². The maximum Gasteiger partial charge on any atom is 0.125 e. The van der Waals surface area contributed by atoms with Gasteiger partial charge in [0.1, 0.15) is 10.6 Å². The Labute approximate surface area is 133 Å². The molecule has 0 bridgehead atoms. The monoisotopic (exact) mass is 314 g/mol. The summed E-state index contributed by atoms with van der Waals surface area (Å²) in [6.45, 7) is 12.2. The molecule has 5 heteroatoms. The Hall–Kier alpha value is -0.490. The van der Waals surface area contributed by atoms with Crippen molar-refractivity contribution >= 4 is 11.3 Å². The van der Waals surface area contributed by atoms with E-state index in [1.165, 1.54) is 4.88 Å². The molecule has 0 saturated heterocycles. The molecule has 0 aliphatic carbocycles. The van der Waals surface area contributed by atoms with Crippen molar-refractivity contribution in [2.24, 2.45) is 0 Å². The Morgan fingerprint density at radius 1 is 1.14 bits per heavy atom. The molecule has 0 amide bonds. The lowest BCUT2D eigenvalue weighted by atomic mass is 9.98. The van der Waals surface area contributed by atoms with Crippen molar-refractivity contribution in [1.82, 2.24) is 10.3 Å². The molecule has 1 aromatic rings.